The number of carboxylic acids is 1. The van der Waals surface area contributed by atoms with Crippen molar-refractivity contribution in [3.63, 3.8) is 0 Å². The molecule has 3 aromatic rings. The number of non-ortho nitro benzene ring substituents is 1. The van der Waals surface area contributed by atoms with Gasteiger partial charge in [-0.15, -0.1) is 0 Å². The van der Waals surface area contributed by atoms with E-state index < -0.39 is 16.8 Å². The minimum absolute atomic E-state index is 0.176. The third-order valence-corrected chi connectivity index (χ3v) is 5.77. The molecular weight excluding hydrogens is 586 g/mol. The topological polar surface area (TPSA) is 143 Å². The second-order valence-corrected chi connectivity index (χ2v) is 8.74. The summed E-state index contributed by atoms with van der Waals surface area (Å²) in [6.45, 7) is 0.182. The zero-order valence-corrected chi connectivity index (χ0v) is 20.9. The fraction of sp³-hybridized carbons (Fsp3) is 0.0417. The van der Waals surface area contributed by atoms with Gasteiger partial charge in [-0.25, -0.2) is 4.79 Å². The number of hydrogen-bond acceptors (Lipinski definition) is 6. The molecule has 0 atom stereocenters. The van der Waals surface area contributed by atoms with E-state index in [1.54, 1.807) is 24.3 Å². The molecule has 0 aliphatic carbocycles. The summed E-state index contributed by atoms with van der Waals surface area (Å²) in [5.41, 5.74) is 1.26. The molecule has 11 heteroatoms. The molecule has 0 fully saturated rings. The Balaban J connectivity index is 1.75. The molecule has 0 unspecified atom stereocenters. The van der Waals surface area contributed by atoms with Gasteiger partial charge in [0.2, 0.25) is 0 Å². The summed E-state index contributed by atoms with van der Waals surface area (Å²) in [7, 11) is 0. The molecule has 9 nitrogen and oxygen atoms in total. The van der Waals surface area contributed by atoms with Crippen LogP contribution in [0, 0.1) is 21.4 Å². The van der Waals surface area contributed by atoms with Gasteiger partial charge in [0.15, 0.2) is 0 Å². The molecular formula is C24H15Br2N3O6. The number of aromatic carboxylic acids is 1. The lowest BCUT2D eigenvalue weighted by Crippen LogP contribution is -2.13. The van der Waals surface area contributed by atoms with Gasteiger partial charge in [0.25, 0.3) is 11.6 Å². The highest BCUT2D eigenvalue weighted by Gasteiger charge is 2.14. The Hall–Kier alpha value is -4.01. The molecule has 176 valence electrons. The maximum Gasteiger partial charge on any atom is 0.335 e. The zero-order valence-electron chi connectivity index (χ0n) is 17.7. The quantitative estimate of drug-likeness (QED) is 0.141. The molecule has 2 N–H and O–H groups in total. The van der Waals surface area contributed by atoms with E-state index in [1.807, 2.05) is 6.07 Å². The van der Waals surface area contributed by atoms with Gasteiger partial charge in [-0.2, -0.15) is 5.26 Å². The van der Waals surface area contributed by atoms with Crippen molar-refractivity contribution in [3.05, 3.63) is 102 Å². The standard InChI is InChI=1S/C24H15Br2N3O6/c25-20-9-15(8-17(12-27)23(30)28-18-2-1-3-19(11-18)29(33)34)10-21(26)22(20)35-13-14-4-6-16(7-5-14)24(31)32/h1-11H,13H2,(H,28,30)(H,31,32)/b17-8+. The van der Waals surface area contributed by atoms with Crippen LogP contribution in [-0.4, -0.2) is 21.9 Å². The second-order valence-electron chi connectivity index (χ2n) is 7.04. The number of ether oxygens (including phenoxy) is 1. The van der Waals surface area contributed by atoms with E-state index in [-0.39, 0.29) is 29.1 Å². The first kappa shape index (κ1) is 25.6. The van der Waals surface area contributed by atoms with Crippen molar-refractivity contribution in [3.8, 4) is 11.8 Å². The van der Waals surface area contributed by atoms with Gasteiger partial charge in [-0.1, -0.05) is 18.2 Å². The molecule has 3 rings (SSSR count). The van der Waals surface area contributed by atoms with E-state index in [9.17, 15) is 25.0 Å². The van der Waals surface area contributed by atoms with Gasteiger partial charge < -0.3 is 15.2 Å². The minimum atomic E-state index is -1.01. The SMILES string of the molecule is N#C/C(=C\c1cc(Br)c(OCc2ccc(C(=O)O)cc2)c(Br)c1)C(=O)Nc1cccc([N+](=O)[O-])c1. The highest BCUT2D eigenvalue weighted by Crippen LogP contribution is 2.36. The third kappa shape index (κ3) is 6.75. The molecule has 0 heterocycles. The Morgan fingerprint density at radius 3 is 2.34 bits per heavy atom. The fourth-order valence-corrected chi connectivity index (χ4v) is 4.36. The molecule has 0 bridgehead atoms. The Bertz CT molecular complexity index is 1360. The van der Waals surface area contributed by atoms with Crippen LogP contribution in [0.2, 0.25) is 0 Å². The van der Waals surface area contributed by atoms with Crippen molar-refractivity contribution in [1.29, 1.82) is 5.26 Å². The van der Waals surface area contributed by atoms with Gasteiger partial charge in [0, 0.05) is 17.8 Å². The zero-order chi connectivity index (χ0) is 25.5. The van der Waals surface area contributed by atoms with Crippen LogP contribution < -0.4 is 10.1 Å². The summed E-state index contributed by atoms with van der Waals surface area (Å²) in [5.74, 6) is -1.25. The average Bonchev–Trinajstić information content (AvgIpc) is 2.82. The van der Waals surface area contributed by atoms with Gasteiger partial charge in [0.05, 0.1) is 19.4 Å². The Kier molecular flexibility index (Phi) is 8.35. The van der Waals surface area contributed by atoms with Crippen LogP contribution in [0.15, 0.2) is 75.2 Å². The second kappa shape index (κ2) is 11.4. The van der Waals surface area contributed by atoms with Crippen LogP contribution in [0.3, 0.4) is 0 Å². The first-order valence-corrected chi connectivity index (χ1v) is 11.4. The summed E-state index contributed by atoms with van der Waals surface area (Å²) < 4.78 is 6.94. The van der Waals surface area contributed by atoms with Crippen LogP contribution in [0.25, 0.3) is 6.08 Å². The number of carbonyl (C=O) groups excluding carboxylic acids is 1. The Labute approximate surface area is 216 Å². The number of nitrogens with zero attached hydrogens (tertiary/aromatic N) is 2. The van der Waals surface area contributed by atoms with Crippen LogP contribution >= 0.6 is 31.9 Å². The van der Waals surface area contributed by atoms with Crippen molar-refractivity contribution in [2.75, 3.05) is 5.32 Å². The maximum atomic E-state index is 12.5. The summed E-state index contributed by atoms with van der Waals surface area (Å²) in [4.78, 5) is 33.8. The molecule has 0 spiro atoms. The van der Waals surface area contributed by atoms with Gasteiger partial charge in [-0.3, -0.25) is 14.9 Å². The molecule has 0 radical (unpaired) electrons. The molecule has 0 aliphatic heterocycles. The van der Waals surface area contributed by atoms with E-state index >= 15 is 0 Å². The van der Waals surface area contributed by atoms with Crippen molar-refractivity contribution in [1.82, 2.24) is 0 Å². The number of carbonyl (C=O) groups is 2. The van der Waals surface area contributed by atoms with Crippen LogP contribution in [0.5, 0.6) is 5.75 Å². The van der Waals surface area contributed by atoms with Gasteiger partial charge in [0.1, 0.15) is 24.0 Å². The molecule has 0 saturated heterocycles. The highest BCUT2D eigenvalue weighted by atomic mass is 79.9. The number of halogens is 2. The van der Waals surface area contributed by atoms with Crippen molar-refractivity contribution >= 4 is 61.2 Å². The van der Waals surface area contributed by atoms with E-state index in [4.69, 9.17) is 9.84 Å². The number of hydrogen-bond donors (Lipinski definition) is 2. The fourth-order valence-electron chi connectivity index (χ4n) is 2.91. The van der Waals surface area contributed by atoms with Gasteiger partial charge in [-0.05, 0) is 79.4 Å². The molecule has 0 aromatic heterocycles. The van der Waals surface area contributed by atoms with Crippen molar-refractivity contribution in [2.45, 2.75) is 6.61 Å². The molecule has 0 saturated carbocycles. The lowest BCUT2D eigenvalue weighted by Gasteiger charge is -2.12. The molecule has 0 aliphatic rings. The lowest BCUT2D eigenvalue weighted by molar-refractivity contribution is -0.384. The first-order valence-electron chi connectivity index (χ1n) is 9.79. The van der Waals surface area contributed by atoms with E-state index in [0.29, 0.717) is 20.3 Å². The number of benzene rings is 3. The smallest absolute Gasteiger partial charge is 0.335 e. The summed E-state index contributed by atoms with van der Waals surface area (Å²) in [6.07, 6.45) is 1.37. The number of anilines is 1. The normalized spacial score (nSPS) is 10.8. The number of amides is 1. The summed E-state index contributed by atoms with van der Waals surface area (Å²) in [5, 5.41) is 31.8. The number of carboxylic acid groups (broad SMARTS) is 1. The predicted molar refractivity (Wildman–Crippen MR) is 135 cm³/mol. The van der Waals surface area contributed by atoms with Crippen LogP contribution in [0.4, 0.5) is 11.4 Å². The van der Waals surface area contributed by atoms with Crippen LogP contribution in [0.1, 0.15) is 21.5 Å². The molecule has 35 heavy (non-hydrogen) atoms. The average molecular weight is 601 g/mol. The van der Waals surface area contributed by atoms with E-state index in [0.717, 1.165) is 5.56 Å². The molecule has 3 aromatic carbocycles. The number of rotatable bonds is 8. The highest BCUT2D eigenvalue weighted by molar-refractivity contribution is 9.11. The van der Waals surface area contributed by atoms with E-state index in [1.165, 1.54) is 42.5 Å². The third-order valence-electron chi connectivity index (χ3n) is 4.60. The number of nitrogens with one attached hydrogen (secondary N) is 1. The largest absolute Gasteiger partial charge is 0.487 e. The first-order chi connectivity index (χ1) is 16.7. The number of nitro benzene ring substituents is 1. The number of nitriles is 1. The van der Waals surface area contributed by atoms with Crippen molar-refractivity contribution < 1.29 is 24.4 Å². The number of nitro groups is 1. The van der Waals surface area contributed by atoms with Crippen LogP contribution in [-0.2, 0) is 11.4 Å². The predicted octanol–water partition coefficient (Wildman–Crippen LogP) is 5.94. The summed E-state index contributed by atoms with van der Waals surface area (Å²) in [6, 6.07) is 16.8. The van der Waals surface area contributed by atoms with E-state index in [2.05, 4.69) is 37.2 Å². The van der Waals surface area contributed by atoms with Crippen molar-refractivity contribution in [2.24, 2.45) is 0 Å². The molecule has 1 amide bonds. The summed E-state index contributed by atoms with van der Waals surface area (Å²) >= 11 is 6.83. The van der Waals surface area contributed by atoms with Gasteiger partial charge >= 0.3 is 5.97 Å². The lowest BCUT2D eigenvalue weighted by atomic mass is 10.1. The maximum absolute atomic E-state index is 12.5. The monoisotopic (exact) mass is 599 g/mol. The minimum Gasteiger partial charge on any atom is -0.487 e. The Morgan fingerprint density at radius 2 is 1.77 bits per heavy atom. The Morgan fingerprint density at radius 1 is 1.11 bits per heavy atom.